The molecule has 1 aliphatic rings. The first-order valence-electron chi connectivity index (χ1n) is 11.0. The molecule has 1 atom stereocenters. The van der Waals surface area contributed by atoms with Gasteiger partial charge < -0.3 is 9.47 Å². The molecule has 0 fully saturated rings. The van der Waals surface area contributed by atoms with Crippen molar-refractivity contribution in [3.63, 3.8) is 0 Å². The van der Waals surface area contributed by atoms with Gasteiger partial charge in [0.05, 0.1) is 23.2 Å². The average Bonchev–Trinajstić information content (AvgIpc) is 3.24. The van der Waals surface area contributed by atoms with Crippen LogP contribution in [0.5, 0.6) is 0 Å². The number of fused-ring (bicyclic) bond motifs is 2. The molecule has 8 nitrogen and oxygen atoms in total. The minimum absolute atomic E-state index is 0.0706. The number of rotatable bonds is 4. The number of halogens is 3. The monoisotopic (exact) mass is 482 g/mol. The summed E-state index contributed by atoms with van der Waals surface area (Å²) in [7, 11) is 0. The molecule has 1 amide bonds. The summed E-state index contributed by atoms with van der Waals surface area (Å²) in [4.78, 5) is 26.8. The normalized spacial score (nSPS) is 15.9. The molecule has 11 heteroatoms. The summed E-state index contributed by atoms with van der Waals surface area (Å²) in [6.07, 6.45) is 0.261. The van der Waals surface area contributed by atoms with Crippen LogP contribution in [0.3, 0.4) is 0 Å². The van der Waals surface area contributed by atoms with Crippen LogP contribution in [0.1, 0.15) is 47.1 Å². The molecule has 2 aromatic carbocycles. The number of carbonyl (C=O) groups excluding carboxylic acids is 1. The van der Waals surface area contributed by atoms with E-state index >= 15 is 0 Å². The molecule has 0 radical (unpaired) electrons. The van der Waals surface area contributed by atoms with Gasteiger partial charge in [-0.1, -0.05) is 24.3 Å². The second-order valence-corrected chi connectivity index (χ2v) is 8.76. The van der Waals surface area contributed by atoms with Gasteiger partial charge >= 0.3 is 5.92 Å². The van der Waals surface area contributed by atoms with Crippen molar-refractivity contribution in [2.45, 2.75) is 45.3 Å². The van der Waals surface area contributed by atoms with Gasteiger partial charge in [-0.05, 0) is 30.7 Å². The predicted octanol–water partition coefficient (Wildman–Crippen LogP) is 3.40. The number of benzene rings is 2. The SMILES string of the molecule is C[C@H]1Cn2c(nnc2C(C)(F)F)CN1C(=O)c1cc(Cc2n[nH]c(=O)c3ccccc23)ccc1F. The maximum Gasteiger partial charge on any atom is 0.304 e. The van der Waals surface area contributed by atoms with Crippen molar-refractivity contribution in [1.82, 2.24) is 29.9 Å². The second-order valence-electron chi connectivity index (χ2n) is 8.76. The maximum atomic E-state index is 14.8. The van der Waals surface area contributed by atoms with E-state index in [-0.39, 0.29) is 36.5 Å². The number of aromatic amines is 1. The topological polar surface area (TPSA) is 96.8 Å². The zero-order valence-corrected chi connectivity index (χ0v) is 18.9. The molecule has 180 valence electrons. The fourth-order valence-corrected chi connectivity index (χ4v) is 4.41. The van der Waals surface area contributed by atoms with Crippen molar-refractivity contribution < 1.29 is 18.0 Å². The van der Waals surface area contributed by atoms with Crippen molar-refractivity contribution in [2.75, 3.05) is 0 Å². The van der Waals surface area contributed by atoms with Crippen molar-refractivity contribution >= 4 is 16.7 Å². The summed E-state index contributed by atoms with van der Waals surface area (Å²) in [5.41, 5.74) is 0.755. The van der Waals surface area contributed by atoms with Crippen LogP contribution < -0.4 is 5.56 Å². The van der Waals surface area contributed by atoms with E-state index in [1.54, 1.807) is 37.3 Å². The Balaban J connectivity index is 1.45. The van der Waals surface area contributed by atoms with E-state index in [4.69, 9.17) is 0 Å². The minimum Gasteiger partial charge on any atom is -0.327 e. The molecule has 3 heterocycles. The number of hydrogen-bond acceptors (Lipinski definition) is 5. The fraction of sp³-hybridized carbons (Fsp3) is 0.292. The quantitative estimate of drug-likeness (QED) is 0.481. The Kier molecular flexibility index (Phi) is 5.42. The second kappa shape index (κ2) is 8.33. The molecule has 4 aromatic rings. The third kappa shape index (κ3) is 4.07. The van der Waals surface area contributed by atoms with Crippen LogP contribution >= 0.6 is 0 Å². The molecule has 0 spiro atoms. The van der Waals surface area contributed by atoms with E-state index in [9.17, 15) is 22.8 Å². The smallest absolute Gasteiger partial charge is 0.304 e. The van der Waals surface area contributed by atoms with Crippen LogP contribution in [0.2, 0.25) is 0 Å². The Morgan fingerprint density at radius 3 is 2.66 bits per heavy atom. The molecule has 0 bridgehead atoms. The Hall–Kier alpha value is -4.02. The standard InChI is InChI=1S/C24H21F3N6O2/c1-13-11-33-20(29-31-23(33)24(2,26)27)12-32(13)22(35)17-9-14(7-8-18(17)25)10-19-15-5-3-4-6-16(15)21(34)30-28-19/h3-9,13H,10-12H2,1-2H3,(H,30,34)/t13-/m0/s1. The molecule has 1 aliphatic heterocycles. The number of alkyl halides is 2. The van der Waals surface area contributed by atoms with Gasteiger partial charge in [0.1, 0.15) is 5.82 Å². The minimum atomic E-state index is -3.17. The summed E-state index contributed by atoms with van der Waals surface area (Å²) in [5.74, 6) is -4.68. The molecule has 0 unspecified atom stereocenters. The fourth-order valence-electron chi connectivity index (χ4n) is 4.41. The Labute approximate surface area is 197 Å². The Morgan fingerprint density at radius 1 is 1.17 bits per heavy atom. The summed E-state index contributed by atoms with van der Waals surface area (Å²) in [6, 6.07) is 10.8. The highest BCUT2D eigenvalue weighted by atomic mass is 19.3. The van der Waals surface area contributed by atoms with Crippen LogP contribution in [0.25, 0.3) is 10.8 Å². The number of amides is 1. The number of nitrogens with zero attached hydrogens (tertiary/aromatic N) is 5. The molecular weight excluding hydrogens is 461 g/mol. The highest BCUT2D eigenvalue weighted by Crippen LogP contribution is 2.29. The van der Waals surface area contributed by atoms with Crippen LogP contribution in [0.4, 0.5) is 13.2 Å². The molecule has 2 aromatic heterocycles. The van der Waals surface area contributed by atoms with Gasteiger partial charge in [-0.25, -0.2) is 9.49 Å². The van der Waals surface area contributed by atoms with Crippen LogP contribution in [0.15, 0.2) is 47.3 Å². The average molecular weight is 482 g/mol. The molecule has 0 aliphatic carbocycles. The van der Waals surface area contributed by atoms with Crippen LogP contribution in [0, 0.1) is 5.82 Å². The number of H-pyrrole nitrogens is 1. The summed E-state index contributed by atoms with van der Waals surface area (Å²) in [6.45, 7) is 2.45. The summed E-state index contributed by atoms with van der Waals surface area (Å²) < 4.78 is 43.8. The highest BCUT2D eigenvalue weighted by Gasteiger charge is 2.38. The van der Waals surface area contributed by atoms with Gasteiger partial charge in [0, 0.05) is 31.3 Å². The molecule has 0 saturated heterocycles. The molecular formula is C24H21F3N6O2. The first-order chi connectivity index (χ1) is 16.6. The lowest BCUT2D eigenvalue weighted by molar-refractivity contribution is 0.000988. The van der Waals surface area contributed by atoms with Crippen molar-refractivity contribution in [3.8, 4) is 0 Å². The van der Waals surface area contributed by atoms with Crippen LogP contribution in [-0.2, 0) is 25.4 Å². The molecule has 5 rings (SSSR count). The van der Waals surface area contributed by atoms with E-state index in [0.717, 1.165) is 6.92 Å². The lowest BCUT2D eigenvalue weighted by Crippen LogP contribution is -2.45. The summed E-state index contributed by atoms with van der Waals surface area (Å²) >= 11 is 0. The van der Waals surface area contributed by atoms with Gasteiger partial charge in [-0.3, -0.25) is 9.59 Å². The third-order valence-electron chi connectivity index (χ3n) is 6.18. The lowest BCUT2D eigenvalue weighted by atomic mass is 10.0. The van der Waals surface area contributed by atoms with Crippen molar-refractivity contribution in [1.29, 1.82) is 0 Å². The van der Waals surface area contributed by atoms with E-state index < -0.39 is 29.5 Å². The molecule has 35 heavy (non-hydrogen) atoms. The first-order valence-corrected chi connectivity index (χ1v) is 11.0. The number of hydrogen-bond donors (Lipinski definition) is 1. The number of aromatic nitrogens is 5. The first kappa shape index (κ1) is 22.8. The Morgan fingerprint density at radius 2 is 1.91 bits per heavy atom. The molecule has 0 saturated carbocycles. The van der Waals surface area contributed by atoms with E-state index in [1.165, 1.54) is 21.6 Å². The lowest BCUT2D eigenvalue weighted by Gasteiger charge is -2.34. The van der Waals surface area contributed by atoms with Gasteiger partial charge in [-0.2, -0.15) is 13.9 Å². The van der Waals surface area contributed by atoms with Gasteiger partial charge in [0.25, 0.3) is 11.5 Å². The molecule has 1 N–H and O–H groups in total. The Bertz CT molecular complexity index is 1510. The van der Waals surface area contributed by atoms with Gasteiger partial charge in [-0.15, -0.1) is 10.2 Å². The summed E-state index contributed by atoms with van der Waals surface area (Å²) in [5, 5.41) is 15.2. The van der Waals surface area contributed by atoms with Crippen molar-refractivity contribution in [2.24, 2.45) is 0 Å². The number of nitrogens with one attached hydrogen (secondary N) is 1. The number of carbonyl (C=O) groups is 1. The van der Waals surface area contributed by atoms with E-state index in [1.807, 2.05) is 0 Å². The zero-order chi connectivity index (χ0) is 24.9. The van der Waals surface area contributed by atoms with Gasteiger partial charge in [0.15, 0.2) is 5.82 Å². The van der Waals surface area contributed by atoms with Gasteiger partial charge in [0.2, 0.25) is 5.82 Å². The van der Waals surface area contributed by atoms with E-state index in [0.29, 0.717) is 22.0 Å². The highest BCUT2D eigenvalue weighted by molar-refractivity contribution is 5.95. The van der Waals surface area contributed by atoms with Crippen molar-refractivity contribution in [3.05, 3.63) is 87.1 Å². The largest absolute Gasteiger partial charge is 0.327 e. The zero-order valence-electron chi connectivity index (χ0n) is 18.9. The third-order valence-corrected chi connectivity index (χ3v) is 6.18. The maximum absolute atomic E-state index is 14.8. The van der Waals surface area contributed by atoms with Crippen LogP contribution in [-0.4, -0.2) is 41.8 Å². The van der Waals surface area contributed by atoms with E-state index in [2.05, 4.69) is 20.4 Å². The predicted molar refractivity (Wildman–Crippen MR) is 120 cm³/mol.